The van der Waals surface area contributed by atoms with Crippen molar-refractivity contribution in [1.29, 1.82) is 0 Å². The largest absolute Gasteiger partial charge is 0.484 e. The van der Waals surface area contributed by atoms with Crippen LogP contribution in [0.25, 0.3) is 0 Å². The minimum absolute atomic E-state index is 0.0915. The maximum atomic E-state index is 12.6. The van der Waals surface area contributed by atoms with Crippen molar-refractivity contribution in [2.24, 2.45) is 5.92 Å². The Morgan fingerprint density at radius 3 is 2.29 bits per heavy atom. The number of thiophene rings is 1. The van der Waals surface area contributed by atoms with Gasteiger partial charge >= 0.3 is 0 Å². The standard InChI is InChI=1S/C22H33N3O4S2/c1-6-25(7-2)20(17(3)4)15-23-21(26)16-29-19-12-10-18(11-13-19)24(5)31(27,28)22-9-8-14-30-22/h8-14,17,20H,6-7,15-16H2,1-5H3,(H,23,26)/t20-/m0/s1. The maximum absolute atomic E-state index is 12.6. The van der Waals surface area contributed by atoms with Crippen molar-refractivity contribution in [3.8, 4) is 5.75 Å². The Bertz CT molecular complexity index is 909. The molecule has 0 radical (unpaired) electrons. The van der Waals surface area contributed by atoms with Crippen LogP contribution in [0.5, 0.6) is 5.75 Å². The van der Waals surface area contributed by atoms with Gasteiger partial charge in [0, 0.05) is 19.6 Å². The first-order valence-corrected chi connectivity index (χ1v) is 12.8. The summed E-state index contributed by atoms with van der Waals surface area (Å²) in [5.41, 5.74) is 0.518. The highest BCUT2D eigenvalue weighted by molar-refractivity contribution is 7.94. The van der Waals surface area contributed by atoms with E-state index >= 15 is 0 Å². The minimum atomic E-state index is -3.58. The Labute approximate surface area is 190 Å². The number of likely N-dealkylation sites (N-methyl/N-ethyl adjacent to an activating group) is 1. The lowest BCUT2D eigenvalue weighted by atomic mass is 10.0. The molecule has 0 aliphatic heterocycles. The van der Waals surface area contributed by atoms with E-state index in [0.29, 0.717) is 23.9 Å². The molecule has 1 atom stereocenters. The number of amides is 1. The number of hydrogen-bond acceptors (Lipinski definition) is 6. The Balaban J connectivity index is 1.90. The van der Waals surface area contributed by atoms with Crippen LogP contribution in [0.1, 0.15) is 27.7 Å². The molecule has 0 saturated heterocycles. The summed E-state index contributed by atoms with van der Waals surface area (Å²) < 4.78 is 32.3. The molecule has 0 bridgehead atoms. The highest BCUT2D eigenvalue weighted by atomic mass is 32.2. The van der Waals surface area contributed by atoms with Crippen LogP contribution in [0.4, 0.5) is 5.69 Å². The molecule has 1 heterocycles. The van der Waals surface area contributed by atoms with Crippen molar-refractivity contribution in [3.63, 3.8) is 0 Å². The first-order chi connectivity index (χ1) is 14.7. The van der Waals surface area contributed by atoms with Crippen LogP contribution < -0.4 is 14.4 Å². The van der Waals surface area contributed by atoms with Gasteiger partial charge < -0.3 is 10.1 Å². The molecule has 7 nitrogen and oxygen atoms in total. The zero-order valence-corrected chi connectivity index (χ0v) is 20.5. The number of ether oxygens (including phenoxy) is 1. The van der Waals surface area contributed by atoms with Crippen molar-refractivity contribution in [3.05, 3.63) is 41.8 Å². The molecule has 0 spiro atoms. The number of nitrogens with one attached hydrogen (secondary N) is 1. The molecule has 1 N–H and O–H groups in total. The fourth-order valence-corrected chi connectivity index (χ4v) is 5.69. The molecule has 172 valence electrons. The topological polar surface area (TPSA) is 79.0 Å². The monoisotopic (exact) mass is 467 g/mol. The Hall–Kier alpha value is -2.10. The normalized spacial score (nSPS) is 12.7. The predicted octanol–water partition coefficient (Wildman–Crippen LogP) is 3.43. The van der Waals surface area contributed by atoms with Crippen molar-refractivity contribution in [2.45, 2.75) is 37.9 Å². The van der Waals surface area contributed by atoms with Gasteiger partial charge in [-0.2, -0.15) is 0 Å². The van der Waals surface area contributed by atoms with Crippen molar-refractivity contribution in [2.75, 3.05) is 37.6 Å². The number of carbonyl (C=O) groups excluding carboxylic acids is 1. The zero-order chi connectivity index (χ0) is 23.0. The van der Waals surface area contributed by atoms with Gasteiger partial charge in [0.2, 0.25) is 0 Å². The summed E-state index contributed by atoms with van der Waals surface area (Å²) in [4.78, 5) is 14.6. The molecule has 1 amide bonds. The van der Waals surface area contributed by atoms with Crippen molar-refractivity contribution in [1.82, 2.24) is 10.2 Å². The molecule has 0 saturated carbocycles. The molecule has 0 aliphatic carbocycles. The van der Waals surface area contributed by atoms with Crippen molar-refractivity contribution >= 4 is 33.0 Å². The van der Waals surface area contributed by atoms with Gasteiger partial charge in [0.1, 0.15) is 9.96 Å². The number of anilines is 1. The third kappa shape index (κ3) is 6.69. The number of rotatable bonds is 12. The van der Waals surface area contributed by atoms with E-state index in [-0.39, 0.29) is 22.8 Å². The summed E-state index contributed by atoms with van der Waals surface area (Å²) in [6.07, 6.45) is 0. The minimum Gasteiger partial charge on any atom is -0.484 e. The maximum Gasteiger partial charge on any atom is 0.273 e. The number of nitrogens with zero attached hydrogens (tertiary/aromatic N) is 2. The summed E-state index contributed by atoms with van der Waals surface area (Å²) in [5.74, 6) is 0.750. The predicted molar refractivity (Wildman–Crippen MR) is 126 cm³/mol. The van der Waals surface area contributed by atoms with E-state index in [1.807, 2.05) is 0 Å². The average Bonchev–Trinajstić information content (AvgIpc) is 3.30. The third-order valence-electron chi connectivity index (χ3n) is 5.24. The lowest BCUT2D eigenvalue weighted by molar-refractivity contribution is -0.123. The van der Waals surface area contributed by atoms with Gasteiger partial charge in [-0.15, -0.1) is 11.3 Å². The van der Waals surface area contributed by atoms with E-state index in [2.05, 4.69) is 37.9 Å². The molecule has 2 aromatic rings. The Morgan fingerprint density at radius 1 is 1.13 bits per heavy atom. The molecular weight excluding hydrogens is 434 g/mol. The molecule has 1 aromatic carbocycles. The van der Waals surface area contributed by atoms with Gasteiger partial charge in [-0.3, -0.25) is 14.0 Å². The molecule has 2 rings (SSSR count). The van der Waals surface area contributed by atoms with Crippen molar-refractivity contribution < 1.29 is 17.9 Å². The Kier molecular flexibility index (Phi) is 9.33. The first kappa shape index (κ1) is 25.2. The molecule has 1 aromatic heterocycles. The molecule has 0 fully saturated rings. The van der Waals surface area contributed by atoms with Crippen LogP contribution in [0.2, 0.25) is 0 Å². The molecule has 31 heavy (non-hydrogen) atoms. The summed E-state index contributed by atoms with van der Waals surface area (Å²) in [6.45, 7) is 10.9. The van der Waals surface area contributed by atoms with Gasteiger partial charge in [-0.05, 0) is 54.7 Å². The van der Waals surface area contributed by atoms with E-state index in [4.69, 9.17) is 4.74 Å². The first-order valence-electron chi connectivity index (χ1n) is 10.5. The van der Waals surface area contributed by atoms with Gasteiger partial charge in [0.15, 0.2) is 6.61 Å². The van der Waals surface area contributed by atoms with Crippen LogP contribution in [-0.4, -0.2) is 58.6 Å². The van der Waals surface area contributed by atoms with Crippen LogP contribution in [0.15, 0.2) is 46.0 Å². The van der Waals surface area contributed by atoms with Crippen LogP contribution in [-0.2, 0) is 14.8 Å². The average molecular weight is 468 g/mol. The summed E-state index contributed by atoms with van der Waals surface area (Å²) in [5, 5.41) is 4.69. The zero-order valence-electron chi connectivity index (χ0n) is 18.9. The number of benzene rings is 1. The molecule has 0 aliphatic rings. The van der Waals surface area contributed by atoms with Crippen LogP contribution in [0, 0.1) is 5.92 Å². The van der Waals surface area contributed by atoms with E-state index in [1.54, 1.807) is 41.8 Å². The van der Waals surface area contributed by atoms with E-state index in [0.717, 1.165) is 13.1 Å². The molecule has 9 heteroatoms. The lowest BCUT2D eigenvalue weighted by Gasteiger charge is -2.32. The summed E-state index contributed by atoms with van der Waals surface area (Å²) in [7, 11) is -2.07. The van der Waals surface area contributed by atoms with Crippen LogP contribution >= 0.6 is 11.3 Å². The Morgan fingerprint density at radius 2 is 1.77 bits per heavy atom. The second kappa shape index (κ2) is 11.5. The van der Waals surface area contributed by atoms with E-state index < -0.39 is 10.0 Å². The number of carbonyl (C=O) groups is 1. The third-order valence-corrected chi connectivity index (χ3v) is 8.40. The SMILES string of the molecule is CCN(CC)[C@@H](CNC(=O)COc1ccc(N(C)S(=O)(=O)c2cccs2)cc1)C(C)C. The van der Waals surface area contributed by atoms with E-state index in [9.17, 15) is 13.2 Å². The van der Waals surface area contributed by atoms with Crippen LogP contribution in [0.3, 0.4) is 0 Å². The summed E-state index contributed by atoms with van der Waals surface area (Å²) in [6, 6.07) is 10.2. The quantitative estimate of drug-likeness (QED) is 0.517. The fraction of sp³-hybridized carbons (Fsp3) is 0.500. The number of sulfonamides is 1. The summed E-state index contributed by atoms with van der Waals surface area (Å²) >= 11 is 1.18. The highest BCUT2D eigenvalue weighted by Crippen LogP contribution is 2.26. The lowest BCUT2D eigenvalue weighted by Crippen LogP contribution is -2.47. The van der Waals surface area contributed by atoms with Gasteiger partial charge in [0.25, 0.3) is 15.9 Å². The highest BCUT2D eigenvalue weighted by Gasteiger charge is 2.22. The second-order valence-corrected chi connectivity index (χ2v) is 10.7. The van der Waals surface area contributed by atoms with Gasteiger partial charge in [-0.25, -0.2) is 8.42 Å². The fourth-order valence-electron chi connectivity index (χ4n) is 3.33. The number of hydrogen-bond donors (Lipinski definition) is 1. The molecular formula is C22H33N3O4S2. The second-order valence-electron chi connectivity index (χ2n) is 7.52. The van der Waals surface area contributed by atoms with E-state index in [1.165, 1.54) is 22.7 Å². The smallest absolute Gasteiger partial charge is 0.273 e. The van der Waals surface area contributed by atoms with Gasteiger partial charge in [0.05, 0.1) is 5.69 Å². The van der Waals surface area contributed by atoms with Gasteiger partial charge in [-0.1, -0.05) is 33.8 Å². The molecule has 0 unspecified atom stereocenters.